The first-order valence-corrected chi connectivity index (χ1v) is 9.72. The largest absolute Gasteiger partial charge is 0.330 e. The summed E-state index contributed by atoms with van der Waals surface area (Å²) >= 11 is 6.22. The van der Waals surface area contributed by atoms with E-state index in [-0.39, 0.29) is 11.9 Å². The van der Waals surface area contributed by atoms with E-state index >= 15 is 0 Å². The van der Waals surface area contributed by atoms with E-state index in [0.717, 1.165) is 13.1 Å². The lowest BCUT2D eigenvalue weighted by molar-refractivity contribution is 0.102. The number of likely N-dealkylation sites (tertiary alicyclic amines) is 2. The Hall–Kier alpha value is -2.64. The van der Waals surface area contributed by atoms with Crippen LogP contribution in [0.3, 0.4) is 0 Å². The summed E-state index contributed by atoms with van der Waals surface area (Å²) in [7, 11) is 2.12. The Balaban J connectivity index is 1.58. The summed E-state index contributed by atoms with van der Waals surface area (Å²) in [5.74, 6) is 1.11. The topological polar surface area (TPSA) is 68.8 Å². The van der Waals surface area contributed by atoms with Crippen molar-refractivity contribution in [3.8, 4) is 0 Å². The van der Waals surface area contributed by atoms with Crippen LogP contribution >= 0.6 is 11.6 Å². The highest BCUT2D eigenvalue weighted by molar-refractivity contribution is 6.31. The van der Waals surface area contributed by atoms with Crippen molar-refractivity contribution in [2.45, 2.75) is 0 Å². The van der Waals surface area contributed by atoms with Gasteiger partial charge in [-0.2, -0.15) is 0 Å². The van der Waals surface area contributed by atoms with Crippen LogP contribution in [0.4, 0.5) is 22.0 Å². The van der Waals surface area contributed by atoms with E-state index in [2.05, 4.69) is 22.2 Å². The first kappa shape index (κ1) is 17.5. The number of pyridine rings is 1. The minimum Gasteiger partial charge on any atom is -0.323 e. The van der Waals surface area contributed by atoms with Crippen LogP contribution in [-0.2, 0) is 0 Å². The lowest BCUT2D eigenvalue weighted by atomic mass is 10.0. The molecule has 7 nitrogen and oxygen atoms in total. The maximum Gasteiger partial charge on any atom is 0.330 e. The van der Waals surface area contributed by atoms with Gasteiger partial charge in [0.25, 0.3) is 5.91 Å². The second kappa shape index (κ2) is 6.46. The Morgan fingerprint density at radius 2 is 1.93 bits per heavy atom. The third-order valence-corrected chi connectivity index (χ3v) is 6.06. The van der Waals surface area contributed by atoms with E-state index in [1.165, 1.54) is 4.90 Å². The summed E-state index contributed by atoms with van der Waals surface area (Å²) in [5.41, 5.74) is 1.36. The molecule has 144 valence electrons. The molecular formula is C20H20ClN5O2. The summed E-state index contributed by atoms with van der Waals surface area (Å²) in [6, 6.07) is 8.28. The Morgan fingerprint density at radius 1 is 1.18 bits per heavy atom. The summed E-state index contributed by atoms with van der Waals surface area (Å²) in [4.78, 5) is 36.5. The number of hydrogen-bond acceptors (Lipinski definition) is 4. The van der Waals surface area contributed by atoms with Gasteiger partial charge in [-0.15, -0.1) is 0 Å². The quantitative estimate of drug-likeness (QED) is 0.741. The van der Waals surface area contributed by atoms with Gasteiger partial charge in [-0.3, -0.25) is 4.79 Å². The number of halogens is 1. The van der Waals surface area contributed by atoms with E-state index in [9.17, 15) is 9.59 Å². The van der Waals surface area contributed by atoms with Gasteiger partial charge < -0.3 is 15.1 Å². The number of rotatable bonds is 0. The molecule has 0 radical (unpaired) electrons. The minimum atomic E-state index is -0.281. The third kappa shape index (κ3) is 2.73. The predicted octanol–water partition coefficient (Wildman–Crippen LogP) is 3.05. The smallest absolute Gasteiger partial charge is 0.323 e. The molecule has 5 rings (SSSR count). The number of carbonyl (C=O) groups is 2. The van der Waals surface area contributed by atoms with Crippen LogP contribution in [-0.4, -0.2) is 59.9 Å². The highest BCUT2D eigenvalue weighted by Crippen LogP contribution is 2.40. The van der Waals surface area contributed by atoms with Gasteiger partial charge in [0.1, 0.15) is 0 Å². The number of nitrogens with zero attached hydrogens (tertiary/aromatic N) is 4. The molecule has 1 aromatic carbocycles. The van der Waals surface area contributed by atoms with Crippen molar-refractivity contribution in [1.82, 2.24) is 14.8 Å². The first-order chi connectivity index (χ1) is 13.5. The summed E-state index contributed by atoms with van der Waals surface area (Å²) < 4.78 is 0. The van der Waals surface area contributed by atoms with Crippen molar-refractivity contribution in [3.05, 3.63) is 47.1 Å². The third-order valence-electron chi connectivity index (χ3n) is 5.82. The fraction of sp³-hybridized carbons (Fsp3) is 0.350. The van der Waals surface area contributed by atoms with Crippen molar-refractivity contribution in [2.24, 2.45) is 11.8 Å². The van der Waals surface area contributed by atoms with Crippen LogP contribution in [0.1, 0.15) is 10.4 Å². The molecule has 0 spiro atoms. The van der Waals surface area contributed by atoms with Gasteiger partial charge in [-0.25, -0.2) is 14.7 Å². The second-order valence-electron chi connectivity index (χ2n) is 7.75. The zero-order chi connectivity index (χ0) is 19.4. The number of nitrogens with one attached hydrogen (secondary N) is 1. The number of carbonyl (C=O) groups excluding carboxylic acids is 2. The Labute approximate surface area is 167 Å². The summed E-state index contributed by atoms with van der Waals surface area (Å²) in [6.07, 6.45) is 1.62. The summed E-state index contributed by atoms with van der Waals surface area (Å²) in [6.45, 7) is 3.44. The van der Waals surface area contributed by atoms with Gasteiger partial charge in [0.15, 0.2) is 5.82 Å². The predicted molar refractivity (Wildman–Crippen MR) is 107 cm³/mol. The van der Waals surface area contributed by atoms with E-state index in [0.29, 0.717) is 52.7 Å². The normalized spacial score (nSPS) is 23.7. The average Bonchev–Trinajstić information content (AvgIpc) is 3.17. The molecule has 0 saturated carbocycles. The molecule has 0 bridgehead atoms. The van der Waals surface area contributed by atoms with Gasteiger partial charge in [0, 0.05) is 37.4 Å². The van der Waals surface area contributed by atoms with Gasteiger partial charge in [-0.05, 0) is 49.2 Å². The second-order valence-corrected chi connectivity index (χ2v) is 8.19. The standard InChI is InChI=1S/C20H20ClN5O2/c1-24-8-12-10-25(11-13(12)9-24)20(28)26-17-7-14(21)4-5-15(17)19(27)23-16-3-2-6-22-18(16)26/h2-7,12-13H,8-11H2,1H3,(H,23,27). The average molecular weight is 398 g/mol. The lowest BCUT2D eigenvalue weighted by Gasteiger charge is -2.29. The lowest BCUT2D eigenvalue weighted by Crippen LogP contribution is -2.41. The van der Waals surface area contributed by atoms with Crippen LogP contribution in [0.25, 0.3) is 0 Å². The number of urea groups is 1. The number of fused-ring (bicyclic) bond motifs is 3. The van der Waals surface area contributed by atoms with Crippen LogP contribution in [0.2, 0.25) is 5.02 Å². The SMILES string of the molecule is CN1CC2CN(C(=O)N3c4cc(Cl)ccc4C(=O)Nc4cccnc43)CC2C1. The van der Waals surface area contributed by atoms with Gasteiger partial charge in [-0.1, -0.05) is 11.6 Å². The molecule has 3 aliphatic rings. The Morgan fingerprint density at radius 3 is 2.68 bits per heavy atom. The number of aromatic nitrogens is 1. The van der Waals surface area contributed by atoms with Crippen LogP contribution in [0.15, 0.2) is 36.5 Å². The summed E-state index contributed by atoms with van der Waals surface area (Å²) in [5, 5.41) is 3.32. The van der Waals surface area contributed by atoms with Gasteiger partial charge in [0.05, 0.1) is 16.9 Å². The molecule has 4 heterocycles. The highest BCUT2D eigenvalue weighted by Gasteiger charge is 2.43. The van der Waals surface area contributed by atoms with Crippen molar-refractivity contribution in [2.75, 3.05) is 43.4 Å². The van der Waals surface area contributed by atoms with E-state index in [1.54, 1.807) is 36.5 Å². The molecule has 1 N–H and O–H groups in total. The van der Waals surface area contributed by atoms with Crippen LogP contribution < -0.4 is 10.2 Å². The van der Waals surface area contributed by atoms with E-state index in [1.807, 2.05) is 4.90 Å². The van der Waals surface area contributed by atoms with Gasteiger partial charge in [0.2, 0.25) is 0 Å². The molecule has 3 aliphatic heterocycles. The van der Waals surface area contributed by atoms with Crippen LogP contribution in [0, 0.1) is 11.8 Å². The monoisotopic (exact) mass is 397 g/mol. The number of hydrogen-bond donors (Lipinski definition) is 1. The van der Waals surface area contributed by atoms with E-state index in [4.69, 9.17) is 11.6 Å². The molecule has 2 aromatic rings. The number of amides is 3. The molecular weight excluding hydrogens is 378 g/mol. The maximum atomic E-state index is 13.6. The first-order valence-electron chi connectivity index (χ1n) is 9.35. The van der Waals surface area contributed by atoms with E-state index < -0.39 is 0 Å². The van der Waals surface area contributed by atoms with Crippen molar-refractivity contribution in [1.29, 1.82) is 0 Å². The maximum absolute atomic E-state index is 13.6. The van der Waals surface area contributed by atoms with Crippen molar-refractivity contribution >= 4 is 40.7 Å². The minimum absolute atomic E-state index is 0.169. The molecule has 2 saturated heterocycles. The molecule has 2 fully saturated rings. The molecule has 8 heteroatoms. The fourth-order valence-electron chi connectivity index (χ4n) is 4.58. The van der Waals surface area contributed by atoms with Gasteiger partial charge >= 0.3 is 6.03 Å². The highest BCUT2D eigenvalue weighted by atomic mass is 35.5. The Kier molecular flexibility index (Phi) is 4.03. The van der Waals surface area contributed by atoms with Crippen molar-refractivity contribution < 1.29 is 9.59 Å². The molecule has 3 amide bonds. The molecule has 28 heavy (non-hydrogen) atoms. The zero-order valence-corrected chi connectivity index (χ0v) is 16.2. The fourth-order valence-corrected chi connectivity index (χ4v) is 4.74. The zero-order valence-electron chi connectivity index (χ0n) is 15.4. The number of benzene rings is 1. The molecule has 0 aliphatic carbocycles. The molecule has 2 atom stereocenters. The number of anilines is 3. The van der Waals surface area contributed by atoms with Crippen molar-refractivity contribution in [3.63, 3.8) is 0 Å². The molecule has 1 aromatic heterocycles. The van der Waals surface area contributed by atoms with Crippen LogP contribution in [0.5, 0.6) is 0 Å². The molecule has 2 unspecified atom stereocenters. The Bertz CT molecular complexity index is 967.